The summed E-state index contributed by atoms with van der Waals surface area (Å²) in [6.45, 7) is 1.78. The number of nitrogens with one attached hydrogen (secondary N) is 1. The molecule has 0 radical (unpaired) electrons. The van der Waals surface area contributed by atoms with Crippen molar-refractivity contribution in [2.75, 3.05) is 0 Å². The van der Waals surface area contributed by atoms with Crippen LogP contribution < -0.4 is 11.3 Å². The van der Waals surface area contributed by atoms with Gasteiger partial charge in [0.05, 0.1) is 11.0 Å². The molecule has 1 unspecified atom stereocenters. The highest BCUT2D eigenvalue weighted by atomic mass is 32.1. The van der Waals surface area contributed by atoms with E-state index in [4.69, 9.17) is 5.84 Å². The first-order chi connectivity index (χ1) is 8.54. The smallest absolute Gasteiger partial charge is 0.194 e. The minimum absolute atomic E-state index is 0.0555. The standard InChI is InChI=1S/C11H10F3N3S/c1-5-16-4-8(18-5)11(17-15)6-2-3-7(12)10(14)9(6)13/h2-4,11,17H,15H2,1H3. The number of benzene rings is 1. The number of hydrogen-bond acceptors (Lipinski definition) is 4. The molecule has 3 N–H and O–H groups in total. The van der Waals surface area contributed by atoms with Crippen molar-refractivity contribution in [3.8, 4) is 0 Å². The highest BCUT2D eigenvalue weighted by Crippen LogP contribution is 2.29. The van der Waals surface area contributed by atoms with Gasteiger partial charge in [-0.05, 0) is 13.0 Å². The summed E-state index contributed by atoms with van der Waals surface area (Å²) in [5.41, 5.74) is 2.32. The Labute approximate surface area is 105 Å². The van der Waals surface area contributed by atoms with E-state index < -0.39 is 23.5 Å². The lowest BCUT2D eigenvalue weighted by Crippen LogP contribution is -2.29. The summed E-state index contributed by atoms with van der Waals surface area (Å²) in [5, 5.41) is 0.772. The molecule has 2 rings (SSSR count). The van der Waals surface area contributed by atoms with Crippen LogP contribution in [0.1, 0.15) is 21.5 Å². The average Bonchev–Trinajstić information content (AvgIpc) is 2.77. The Balaban J connectivity index is 2.49. The molecule has 7 heteroatoms. The van der Waals surface area contributed by atoms with Crippen LogP contribution in [-0.2, 0) is 0 Å². The predicted octanol–water partition coefficient (Wildman–Crippen LogP) is 2.42. The lowest BCUT2D eigenvalue weighted by molar-refractivity contribution is 0.433. The zero-order valence-corrected chi connectivity index (χ0v) is 10.2. The fraction of sp³-hybridized carbons (Fsp3) is 0.182. The van der Waals surface area contributed by atoms with Gasteiger partial charge in [-0.3, -0.25) is 5.84 Å². The van der Waals surface area contributed by atoms with E-state index >= 15 is 0 Å². The second-order valence-corrected chi connectivity index (χ2v) is 4.91. The molecule has 0 saturated heterocycles. The van der Waals surface area contributed by atoms with Crippen LogP contribution in [0.25, 0.3) is 0 Å². The molecule has 96 valence electrons. The van der Waals surface area contributed by atoms with Crippen LogP contribution in [-0.4, -0.2) is 4.98 Å². The van der Waals surface area contributed by atoms with Crippen molar-refractivity contribution in [3.05, 3.63) is 51.2 Å². The van der Waals surface area contributed by atoms with E-state index in [1.165, 1.54) is 17.5 Å². The number of hydrogen-bond donors (Lipinski definition) is 2. The van der Waals surface area contributed by atoms with E-state index in [1.54, 1.807) is 6.92 Å². The van der Waals surface area contributed by atoms with Crippen molar-refractivity contribution in [1.29, 1.82) is 0 Å². The molecule has 2 aromatic rings. The second-order valence-electron chi connectivity index (χ2n) is 3.65. The Morgan fingerprint density at radius 2 is 2.00 bits per heavy atom. The van der Waals surface area contributed by atoms with Gasteiger partial charge >= 0.3 is 0 Å². The van der Waals surface area contributed by atoms with E-state index in [2.05, 4.69) is 10.4 Å². The minimum Gasteiger partial charge on any atom is -0.271 e. The number of aryl methyl sites for hydroxylation is 1. The van der Waals surface area contributed by atoms with Gasteiger partial charge in [-0.15, -0.1) is 11.3 Å². The molecule has 0 amide bonds. The second kappa shape index (κ2) is 5.05. The molecule has 3 nitrogen and oxygen atoms in total. The first-order valence-corrected chi connectivity index (χ1v) is 5.88. The Hall–Kier alpha value is -1.44. The molecule has 0 aliphatic heterocycles. The third kappa shape index (κ3) is 2.24. The first-order valence-electron chi connectivity index (χ1n) is 5.06. The molecular weight excluding hydrogens is 263 g/mol. The molecule has 0 aliphatic carbocycles. The van der Waals surface area contributed by atoms with E-state index in [0.717, 1.165) is 17.1 Å². The highest BCUT2D eigenvalue weighted by molar-refractivity contribution is 7.11. The maximum absolute atomic E-state index is 13.7. The van der Waals surface area contributed by atoms with Crippen molar-refractivity contribution in [2.24, 2.45) is 5.84 Å². The number of thiazole rings is 1. The summed E-state index contributed by atoms with van der Waals surface area (Å²) >= 11 is 1.30. The molecule has 0 fully saturated rings. The zero-order chi connectivity index (χ0) is 13.3. The van der Waals surface area contributed by atoms with Crippen molar-refractivity contribution in [1.82, 2.24) is 10.4 Å². The fourth-order valence-electron chi connectivity index (χ4n) is 1.60. The molecule has 1 heterocycles. The Kier molecular flexibility index (Phi) is 3.65. The van der Waals surface area contributed by atoms with Crippen molar-refractivity contribution in [2.45, 2.75) is 13.0 Å². The number of hydrazine groups is 1. The molecule has 0 spiro atoms. The lowest BCUT2D eigenvalue weighted by Gasteiger charge is -2.15. The number of nitrogens with two attached hydrogens (primary N) is 1. The average molecular weight is 273 g/mol. The zero-order valence-electron chi connectivity index (χ0n) is 9.38. The van der Waals surface area contributed by atoms with Crippen LogP contribution in [0.4, 0.5) is 13.2 Å². The Morgan fingerprint density at radius 1 is 1.28 bits per heavy atom. The molecule has 1 aromatic heterocycles. The third-order valence-electron chi connectivity index (χ3n) is 2.47. The maximum Gasteiger partial charge on any atom is 0.194 e. The summed E-state index contributed by atoms with van der Waals surface area (Å²) in [4.78, 5) is 4.64. The molecule has 1 aromatic carbocycles. The van der Waals surface area contributed by atoms with Gasteiger partial charge < -0.3 is 0 Å². The van der Waals surface area contributed by atoms with Crippen molar-refractivity contribution in [3.63, 3.8) is 0 Å². The van der Waals surface area contributed by atoms with E-state index in [0.29, 0.717) is 4.88 Å². The number of halogens is 3. The Morgan fingerprint density at radius 3 is 2.56 bits per heavy atom. The van der Waals surface area contributed by atoms with Gasteiger partial charge in [0, 0.05) is 16.6 Å². The van der Waals surface area contributed by atoms with E-state index in [9.17, 15) is 13.2 Å². The summed E-state index contributed by atoms with van der Waals surface area (Å²) in [7, 11) is 0. The van der Waals surface area contributed by atoms with Crippen LogP contribution in [0, 0.1) is 24.4 Å². The van der Waals surface area contributed by atoms with E-state index in [1.807, 2.05) is 0 Å². The van der Waals surface area contributed by atoms with Crippen molar-refractivity contribution < 1.29 is 13.2 Å². The van der Waals surface area contributed by atoms with Gasteiger partial charge in [-0.2, -0.15) is 0 Å². The SMILES string of the molecule is Cc1ncc(C(NN)c2ccc(F)c(F)c2F)s1. The highest BCUT2D eigenvalue weighted by Gasteiger charge is 2.22. The van der Waals surface area contributed by atoms with Crippen LogP contribution in [0.15, 0.2) is 18.3 Å². The van der Waals surface area contributed by atoms with Crippen LogP contribution in [0.2, 0.25) is 0 Å². The van der Waals surface area contributed by atoms with Gasteiger partial charge in [0.1, 0.15) is 0 Å². The maximum atomic E-state index is 13.7. The summed E-state index contributed by atoms with van der Waals surface area (Å²) < 4.78 is 39.7. The normalized spacial score (nSPS) is 12.7. The molecule has 0 aliphatic rings. The number of rotatable bonds is 3. The molecule has 1 atom stereocenters. The fourth-order valence-corrected chi connectivity index (χ4v) is 2.46. The van der Waals surface area contributed by atoms with Gasteiger partial charge in [-0.1, -0.05) is 6.07 Å². The van der Waals surface area contributed by atoms with Crippen LogP contribution in [0.5, 0.6) is 0 Å². The van der Waals surface area contributed by atoms with Gasteiger partial charge in [0.15, 0.2) is 17.5 Å². The van der Waals surface area contributed by atoms with Gasteiger partial charge in [-0.25, -0.2) is 23.6 Å². The van der Waals surface area contributed by atoms with E-state index in [-0.39, 0.29) is 5.56 Å². The number of nitrogens with zero attached hydrogens (tertiary/aromatic N) is 1. The Bertz CT molecular complexity index is 571. The third-order valence-corrected chi connectivity index (χ3v) is 3.44. The molecule has 18 heavy (non-hydrogen) atoms. The summed E-state index contributed by atoms with van der Waals surface area (Å²) in [6, 6.07) is 1.27. The van der Waals surface area contributed by atoms with Crippen LogP contribution in [0.3, 0.4) is 0 Å². The topological polar surface area (TPSA) is 50.9 Å². The molecule has 0 saturated carbocycles. The molecule has 0 bridgehead atoms. The minimum atomic E-state index is -1.51. The largest absolute Gasteiger partial charge is 0.271 e. The lowest BCUT2D eigenvalue weighted by atomic mass is 10.1. The summed E-state index contributed by atoms with van der Waals surface area (Å²) in [5.74, 6) is 1.37. The van der Waals surface area contributed by atoms with Gasteiger partial charge in [0.25, 0.3) is 0 Å². The number of aromatic nitrogens is 1. The first kappa shape index (κ1) is 13.0. The van der Waals surface area contributed by atoms with Crippen LogP contribution >= 0.6 is 11.3 Å². The van der Waals surface area contributed by atoms with Crippen molar-refractivity contribution >= 4 is 11.3 Å². The quantitative estimate of drug-likeness (QED) is 0.513. The predicted molar refractivity (Wildman–Crippen MR) is 62.3 cm³/mol. The van der Waals surface area contributed by atoms with Gasteiger partial charge in [0.2, 0.25) is 0 Å². The monoisotopic (exact) mass is 273 g/mol. The molecular formula is C11H10F3N3S. The summed E-state index contributed by atoms with van der Waals surface area (Å²) in [6.07, 6.45) is 1.52.